The molecule has 33 heavy (non-hydrogen) atoms. The Morgan fingerprint density at radius 1 is 0.788 bits per heavy atom. The predicted octanol–water partition coefficient (Wildman–Crippen LogP) is 3.33. The highest BCUT2D eigenvalue weighted by Gasteiger charge is 2.51. The molecule has 0 amide bonds. The number of ketones is 1. The third-order valence-electron chi connectivity index (χ3n) is 5.72. The first kappa shape index (κ1) is 22.8. The summed E-state index contributed by atoms with van der Waals surface area (Å²) in [7, 11) is 3.20. The SMILES string of the molecule is COc1ccc(C=CC(=O)O[C@@H]2CO[C@H]3[C@@H]2OC[C@@H]3C(=O)/C=C/c2ccc(OC)cc2)cc1. The van der Waals surface area contributed by atoms with Gasteiger partial charge in [0.15, 0.2) is 11.9 Å². The Morgan fingerprint density at radius 2 is 1.33 bits per heavy atom. The lowest BCUT2D eigenvalue weighted by Crippen LogP contribution is -2.34. The second-order valence-electron chi connectivity index (χ2n) is 7.79. The molecule has 0 aromatic heterocycles. The van der Waals surface area contributed by atoms with Crippen LogP contribution in [0, 0.1) is 5.92 Å². The van der Waals surface area contributed by atoms with E-state index in [9.17, 15) is 9.59 Å². The van der Waals surface area contributed by atoms with Crippen LogP contribution in [-0.2, 0) is 23.8 Å². The molecule has 2 fully saturated rings. The van der Waals surface area contributed by atoms with Gasteiger partial charge in [0.2, 0.25) is 0 Å². The summed E-state index contributed by atoms with van der Waals surface area (Å²) in [6.45, 7) is 0.431. The zero-order valence-corrected chi connectivity index (χ0v) is 18.5. The van der Waals surface area contributed by atoms with Gasteiger partial charge in [0.25, 0.3) is 0 Å². The smallest absolute Gasteiger partial charge is 0.331 e. The van der Waals surface area contributed by atoms with Crippen molar-refractivity contribution in [1.82, 2.24) is 0 Å². The average Bonchev–Trinajstić information content (AvgIpc) is 3.45. The molecule has 0 radical (unpaired) electrons. The minimum Gasteiger partial charge on any atom is -0.497 e. The first-order chi connectivity index (χ1) is 16.1. The fourth-order valence-electron chi connectivity index (χ4n) is 3.89. The van der Waals surface area contributed by atoms with Gasteiger partial charge in [-0.3, -0.25) is 4.79 Å². The Bertz CT molecular complexity index is 1020. The van der Waals surface area contributed by atoms with Crippen molar-refractivity contribution in [3.05, 3.63) is 71.8 Å². The van der Waals surface area contributed by atoms with Crippen molar-refractivity contribution in [1.29, 1.82) is 0 Å². The summed E-state index contributed by atoms with van der Waals surface area (Å²) in [4.78, 5) is 25.0. The van der Waals surface area contributed by atoms with Crippen molar-refractivity contribution >= 4 is 23.9 Å². The Hall–Kier alpha value is -3.42. The normalized spacial score (nSPS) is 24.2. The number of carbonyl (C=O) groups excluding carboxylic acids is 2. The zero-order valence-electron chi connectivity index (χ0n) is 18.5. The number of hydrogen-bond donors (Lipinski definition) is 0. The van der Waals surface area contributed by atoms with Crippen LogP contribution in [0.25, 0.3) is 12.2 Å². The van der Waals surface area contributed by atoms with Gasteiger partial charge in [0.05, 0.1) is 39.5 Å². The molecule has 2 aromatic rings. The molecule has 0 unspecified atom stereocenters. The lowest BCUT2D eigenvalue weighted by atomic mass is 9.96. The van der Waals surface area contributed by atoms with E-state index < -0.39 is 30.2 Å². The summed E-state index contributed by atoms with van der Waals surface area (Å²) in [5.41, 5.74) is 1.74. The third-order valence-corrected chi connectivity index (χ3v) is 5.72. The number of ether oxygens (including phenoxy) is 5. The van der Waals surface area contributed by atoms with Gasteiger partial charge in [-0.25, -0.2) is 4.79 Å². The molecule has 0 bridgehead atoms. The maximum atomic E-state index is 12.7. The molecule has 4 atom stereocenters. The molecule has 0 aliphatic carbocycles. The average molecular weight is 450 g/mol. The fourth-order valence-corrected chi connectivity index (χ4v) is 3.89. The molecular weight excluding hydrogens is 424 g/mol. The van der Waals surface area contributed by atoms with Gasteiger partial charge >= 0.3 is 5.97 Å². The molecular formula is C26H26O7. The standard InChI is InChI=1S/C26H26O7/c1-29-19-9-3-17(4-10-19)7-13-22(27)21-15-31-26-23(16-32-25(21)26)33-24(28)14-8-18-5-11-20(30-2)12-6-18/h3-14,21,23,25-26H,15-16H2,1-2H3/b13-7+,14-8?/t21-,23-,25-,26-/m1/s1. The van der Waals surface area contributed by atoms with Crippen LogP contribution in [0.5, 0.6) is 11.5 Å². The quantitative estimate of drug-likeness (QED) is 0.451. The molecule has 2 aliphatic rings. The van der Waals surface area contributed by atoms with Crippen LogP contribution in [-0.4, -0.2) is 57.5 Å². The van der Waals surface area contributed by atoms with E-state index >= 15 is 0 Å². The van der Waals surface area contributed by atoms with Crippen LogP contribution in [0.1, 0.15) is 11.1 Å². The van der Waals surface area contributed by atoms with Gasteiger partial charge in [-0.05, 0) is 47.5 Å². The van der Waals surface area contributed by atoms with Gasteiger partial charge < -0.3 is 23.7 Å². The number of rotatable bonds is 8. The number of benzene rings is 2. The van der Waals surface area contributed by atoms with Crippen LogP contribution in [0.4, 0.5) is 0 Å². The fraction of sp³-hybridized carbons (Fsp3) is 0.308. The van der Waals surface area contributed by atoms with Gasteiger partial charge in [-0.15, -0.1) is 0 Å². The first-order valence-electron chi connectivity index (χ1n) is 10.7. The minimum absolute atomic E-state index is 0.0790. The summed E-state index contributed by atoms with van der Waals surface area (Å²) in [5.74, 6) is 0.500. The van der Waals surface area contributed by atoms with Crippen molar-refractivity contribution < 1.29 is 33.3 Å². The topological polar surface area (TPSA) is 80.3 Å². The Labute approximate surface area is 192 Å². The Kier molecular flexibility index (Phi) is 7.22. The molecule has 2 heterocycles. The summed E-state index contributed by atoms with van der Waals surface area (Å²) in [6.07, 6.45) is 4.90. The highest BCUT2D eigenvalue weighted by Crippen LogP contribution is 2.33. The lowest BCUT2D eigenvalue weighted by Gasteiger charge is -2.15. The first-order valence-corrected chi connectivity index (χ1v) is 10.7. The van der Waals surface area contributed by atoms with E-state index in [-0.39, 0.29) is 19.0 Å². The highest BCUT2D eigenvalue weighted by molar-refractivity contribution is 5.96. The van der Waals surface area contributed by atoms with Gasteiger partial charge in [-0.2, -0.15) is 0 Å². The van der Waals surface area contributed by atoms with Gasteiger partial charge in [-0.1, -0.05) is 30.3 Å². The largest absolute Gasteiger partial charge is 0.497 e. The van der Waals surface area contributed by atoms with E-state index in [2.05, 4.69) is 0 Å². The maximum absolute atomic E-state index is 12.7. The van der Waals surface area contributed by atoms with E-state index in [0.717, 1.165) is 22.6 Å². The predicted molar refractivity (Wildman–Crippen MR) is 122 cm³/mol. The van der Waals surface area contributed by atoms with E-state index in [4.69, 9.17) is 23.7 Å². The number of fused-ring (bicyclic) bond motifs is 1. The highest BCUT2D eigenvalue weighted by atomic mass is 16.6. The summed E-state index contributed by atoms with van der Waals surface area (Å²) < 4.78 is 27.4. The molecule has 2 saturated heterocycles. The molecule has 172 valence electrons. The van der Waals surface area contributed by atoms with Crippen molar-refractivity contribution in [2.24, 2.45) is 5.92 Å². The third kappa shape index (κ3) is 5.50. The zero-order chi connectivity index (χ0) is 23.2. The van der Waals surface area contributed by atoms with Crippen LogP contribution in [0.15, 0.2) is 60.7 Å². The van der Waals surface area contributed by atoms with Crippen molar-refractivity contribution in [2.45, 2.75) is 18.3 Å². The van der Waals surface area contributed by atoms with E-state index in [1.165, 1.54) is 6.08 Å². The van der Waals surface area contributed by atoms with Crippen molar-refractivity contribution in [3.8, 4) is 11.5 Å². The van der Waals surface area contributed by atoms with Gasteiger partial charge in [0, 0.05) is 6.08 Å². The number of carbonyl (C=O) groups is 2. The summed E-state index contributed by atoms with van der Waals surface area (Å²) >= 11 is 0. The second kappa shape index (κ2) is 10.5. The van der Waals surface area contributed by atoms with E-state index in [1.54, 1.807) is 32.4 Å². The van der Waals surface area contributed by atoms with Crippen molar-refractivity contribution in [2.75, 3.05) is 27.4 Å². The maximum Gasteiger partial charge on any atom is 0.331 e. The number of hydrogen-bond acceptors (Lipinski definition) is 7. The molecule has 4 rings (SSSR count). The summed E-state index contributed by atoms with van der Waals surface area (Å²) in [5, 5.41) is 0. The minimum atomic E-state index is -0.550. The Balaban J connectivity index is 1.30. The number of allylic oxidation sites excluding steroid dienone is 1. The molecule has 0 N–H and O–H groups in total. The molecule has 2 aliphatic heterocycles. The lowest BCUT2D eigenvalue weighted by molar-refractivity contribution is -0.147. The van der Waals surface area contributed by atoms with Gasteiger partial charge in [0.1, 0.15) is 17.6 Å². The summed E-state index contributed by atoms with van der Waals surface area (Å²) in [6, 6.07) is 14.7. The van der Waals surface area contributed by atoms with Crippen molar-refractivity contribution in [3.63, 3.8) is 0 Å². The van der Waals surface area contributed by atoms with E-state index in [1.807, 2.05) is 48.5 Å². The van der Waals surface area contributed by atoms with Crippen LogP contribution >= 0.6 is 0 Å². The van der Waals surface area contributed by atoms with Crippen LogP contribution < -0.4 is 9.47 Å². The monoisotopic (exact) mass is 450 g/mol. The molecule has 7 heteroatoms. The van der Waals surface area contributed by atoms with Crippen LogP contribution in [0.3, 0.4) is 0 Å². The number of esters is 1. The van der Waals surface area contributed by atoms with Crippen LogP contribution in [0.2, 0.25) is 0 Å². The molecule has 0 spiro atoms. The van der Waals surface area contributed by atoms with E-state index in [0.29, 0.717) is 0 Å². The molecule has 2 aromatic carbocycles. The second-order valence-corrected chi connectivity index (χ2v) is 7.79. The Morgan fingerprint density at radius 3 is 1.91 bits per heavy atom. The molecule has 7 nitrogen and oxygen atoms in total. The molecule has 0 saturated carbocycles. The number of methoxy groups -OCH3 is 2.